The van der Waals surface area contributed by atoms with Crippen LogP contribution in [0.15, 0.2) is 42.5 Å². The summed E-state index contributed by atoms with van der Waals surface area (Å²) in [6.07, 6.45) is 0.631. The third-order valence-corrected chi connectivity index (χ3v) is 3.85. The first kappa shape index (κ1) is 18.0. The maximum Gasteiger partial charge on any atom is 0.338 e. The van der Waals surface area contributed by atoms with E-state index < -0.39 is 0 Å². The lowest BCUT2D eigenvalue weighted by molar-refractivity contribution is 0.0525. The molecule has 2 rings (SSSR count). The molecule has 0 aliphatic carbocycles. The van der Waals surface area contributed by atoms with E-state index in [1.165, 1.54) is 0 Å². The third kappa shape index (κ3) is 4.83. The Morgan fingerprint density at radius 3 is 2.50 bits per heavy atom. The van der Waals surface area contributed by atoms with E-state index >= 15 is 0 Å². The zero-order valence-electron chi connectivity index (χ0n) is 13.8. The number of aryl methyl sites for hydroxylation is 1. The molecule has 126 valence electrons. The van der Waals surface area contributed by atoms with E-state index in [1.54, 1.807) is 31.2 Å². The van der Waals surface area contributed by atoms with Crippen molar-refractivity contribution in [3.05, 3.63) is 69.7 Å². The first-order chi connectivity index (χ1) is 11.5. The van der Waals surface area contributed by atoms with E-state index in [-0.39, 0.29) is 11.9 Å². The van der Waals surface area contributed by atoms with Crippen LogP contribution in [0, 0.1) is 6.92 Å². The van der Waals surface area contributed by atoms with Crippen LogP contribution in [0.2, 0.25) is 5.02 Å². The highest BCUT2D eigenvalue weighted by molar-refractivity contribution is 6.30. The van der Waals surface area contributed by atoms with Crippen molar-refractivity contribution in [1.29, 1.82) is 0 Å². The van der Waals surface area contributed by atoms with Gasteiger partial charge in [-0.25, -0.2) is 4.79 Å². The Hall–Kier alpha value is -2.33. The average molecular weight is 346 g/mol. The number of hydrogen-bond acceptors (Lipinski definition) is 3. The van der Waals surface area contributed by atoms with Gasteiger partial charge in [-0.1, -0.05) is 23.7 Å². The van der Waals surface area contributed by atoms with Gasteiger partial charge in [0.05, 0.1) is 12.2 Å². The second-order valence-corrected chi connectivity index (χ2v) is 5.82. The second-order valence-electron chi connectivity index (χ2n) is 5.38. The van der Waals surface area contributed by atoms with Crippen LogP contribution in [0.3, 0.4) is 0 Å². The summed E-state index contributed by atoms with van der Waals surface area (Å²) >= 11 is 5.81. The second kappa shape index (κ2) is 8.50. The van der Waals surface area contributed by atoms with Crippen molar-refractivity contribution in [2.75, 3.05) is 13.2 Å². The summed E-state index contributed by atoms with van der Waals surface area (Å²) in [5.41, 5.74) is 2.98. The fourth-order valence-electron chi connectivity index (χ4n) is 2.28. The van der Waals surface area contributed by atoms with Crippen molar-refractivity contribution >= 4 is 23.5 Å². The Morgan fingerprint density at radius 1 is 1.12 bits per heavy atom. The van der Waals surface area contributed by atoms with Crippen molar-refractivity contribution in [3.63, 3.8) is 0 Å². The lowest BCUT2D eigenvalue weighted by Crippen LogP contribution is -2.25. The fraction of sp³-hybridized carbons (Fsp3) is 0.263. The quantitative estimate of drug-likeness (QED) is 0.810. The highest BCUT2D eigenvalue weighted by atomic mass is 35.5. The minimum Gasteiger partial charge on any atom is -0.462 e. The molecule has 4 nitrogen and oxygen atoms in total. The van der Waals surface area contributed by atoms with Gasteiger partial charge < -0.3 is 10.1 Å². The van der Waals surface area contributed by atoms with Crippen LogP contribution in [0.5, 0.6) is 0 Å². The number of benzene rings is 2. The SMILES string of the molecule is CCOC(=O)c1cc(CCNC(=O)c2ccc(Cl)cc2)ccc1C. The lowest BCUT2D eigenvalue weighted by Gasteiger charge is -2.09. The van der Waals surface area contributed by atoms with E-state index in [1.807, 2.05) is 25.1 Å². The van der Waals surface area contributed by atoms with Gasteiger partial charge in [0.25, 0.3) is 5.91 Å². The molecule has 0 aromatic heterocycles. The molecule has 0 heterocycles. The molecular formula is C19H20ClNO3. The Kier molecular flexibility index (Phi) is 6.38. The number of halogens is 1. The highest BCUT2D eigenvalue weighted by Crippen LogP contribution is 2.13. The van der Waals surface area contributed by atoms with Crippen LogP contribution in [-0.2, 0) is 11.2 Å². The van der Waals surface area contributed by atoms with E-state index in [4.69, 9.17) is 16.3 Å². The molecule has 0 aliphatic heterocycles. The average Bonchev–Trinajstić information content (AvgIpc) is 2.57. The zero-order valence-corrected chi connectivity index (χ0v) is 14.5. The van der Waals surface area contributed by atoms with Crippen LogP contribution < -0.4 is 5.32 Å². The van der Waals surface area contributed by atoms with Gasteiger partial charge in [-0.15, -0.1) is 0 Å². The van der Waals surface area contributed by atoms with Crippen LogP contribution in [-0.4, -0.2) is 25.0 Å². The number of nitrogens with one attached hydrogen (secondary N) is 1. The van der Waals surface area contributed by atoms with E-state index in [9.17, 15) is 9.59 Å². The van der Waals surface area contributed by atoms with Crippen molar-refractivity contribution in [3.8, 4) is 0 Å². The van der Waals surface area contributed by atoms with Gasteiger partial charge in [-0.2, -0.15) is 0 Å². The number of amides is 1. The van der Waals surface area contributed by atoms with Gasteiger partial charge in [0.1, 0.15) is 0 Å². The summed E-state index contributed by atoms with van der Waals surface area (Å²) in [5, 5.41) is 3.45. The molecule has 0 unspecified atom stereocenters. The first-order valence-corrected chi connectivity index (χ1v) is 8.19. The maximum absolute atomic E-state index is 12.0. The number of carbonyl (C=O) groups excluding carboxylic acids is 2. The summed E-state index contributed by atoms with van der Waals surface area (Å²) in [4.78, 5) is 23.9. The summed E-state index contributed by atoms with van der Waals surface area (Å²) in [6.45, 7) is 4.48. The zero-order chi connectivity index (χ0) is 17.5. The smallest absolute Gasteiger partial charge is 0.338 e. The summed E-state index contributed by atoms with van der Waals surface area (Å²) in [7, 11) is 0. The molecule has 0 atom stereocenters. The molecule has 2 aromatic carbocycles. The Labute approximate surface area is 146 Å². The first-order valence-electron chi connectivity index (χ1n) is 7.81. The van der Waals surface area contributed by atoms with E-state index in [0.29, 0.717) is 35.7 Å². The predicted molar refractivity (Wildman–Crippen MR) is 94.6 cm³/mol. The fourth-order valence-corrected chi connectivity index (χ4v) is 2.40. The normalized spacial score (nSPS) is 10.3. The largest absolute Gasteiger partial charge is 0.462 e. The van der Waals surface area contributed by atoms with Crippen LogP contribution in [0.25, 0.3) is 0 Å². The van der Waals surface area contributed by atoms with Gasteiger partial charge >= 0.3 is 5.97 Å². The van der Waals surface area contributed by atoms with Crippen LogP contribution in [0.1, 0.15) is 38.8 Å². The van der Waals surface area contributed by atoms with Crippen molar-refractivity contribution in [1.82, 2.24) is 5.32 Å². The summed E-state index contributed by atoms with van der Waals surface area (Å²) in [6, 6.07) is 12.4. The lowest BCUT2D eigenvalue weighted by atomic mass is 10.0. The summed E-state index contributed by atoms with van der Waals surface area (Å²) in [5.74, 6) is -0.466. The Morgan fingerprint density at radius 2 is 1.83 bits per heavy atom. The van der Waals surface area contributed by atoms with Gasteiger partial charge in [0.15, 0.2) is 0 Å². The number of rotatable bonds is 6. The molecule has 1 N–H and O–H groups in total. The molecular weight excluding hydrogens is 326 g/mol. The molecule has 5 heteroatoms. The minimum atomic E-state index is -0.318. The molecule has 0 saturated heterocycles. The molecule has 2 aromatic rings. The summed E-state index contributed by atoms with van der Waals surface area (Å²) < 4.78 is 5.05. The van der Waals surface area contributed by atoms with Crippen molar-refractivity contribution in [2.45, 2.75) is 20.3 Å². The van der Waals surface area contributed by atoms with Crippen molar-refractivity contribution in [2.24, 2.45) is 0 Å². The van der Waals surface area contributed by atoms with Crippen molar-refractivity contribution < 1.29 is 14.3 Å². The molecule has 0 spiro atoms. The molecule has 24 heavy (non-hydrogen) atoms. The molecule has 0 radical (unpaired) electrons. The van der Waals surface area contributed by atoms with E-state index in [0.717, 1.165) is 11.1 Å². The molecule has 1 amide bonds. The van der Waals surface area contributed by atoms with E-state index in [2.05, 4.69) is 5.32 Å². The van der Waals surface area contributed by atoms with Crippen LogP contribution in [0.4, 0.5) is 0 Å². The Balaban J connectivity index is 1.94. The van der Waals surface area contributed by atoms with Gasteiger partial charge in [-0.3, -0.25) is 4.79 Å². The molecule has 0 aliphatic rings. The number of carbonyl (C=O) groups is 2. The molecule has 0 fully saturated rings. The maximum atomic E-state index is 12.0. The molecule has 0 saturated carbocycles. The third-order valence-electron chi connectivity index (χ3n) is 3.60. The Bertz CT molecular complexity index is 726. The number of ether oxygens (including phenoxy) is 1. The number of hydrogen-bond donors (Lipinski definition) is 1. The topological polar surface area (TPSA) is 55.4 Å². The molecule has 0 bridgehead atoms. The highest BCUT2D eigenvalue weighted by Gasteiger charge is 2.11. The number of esters is 1. The van der Waals surface area contributed by atoms with Gasteiger partial charge in [0.2, 0.25) is 0 Å². The standard InChI is InChI=1S/C19H20ClNO3/c1-3-24-19(23)17-12-14(5-4-13(17)2)10-11-21-18(22)15-6-8-16(20)9-7-15/h4-9,12H,3,10-11H2,1-2H3,(H,21,22). The predicted octanol–water partition coefficient (Wildman–Crippen LogP) is 3.80. The monoisotopic (exact) mass is 345 g/mol. The van der Waals surface area contributed by atoms with Gasteiger partial charge in [0, 0.05) is 17.1 Å². The minimum absolute atomic E-state index is 0.149. The van der Waals surface area contributed by atoms with Gasteiger partial charge in [-0.05, 0) is 61.7 Å². The van der Waals surface area contributed by atoms with Crippen LogP contribution >= 0.6 is 11.6 Å².